The standard InChI is InChI=1S/C16H21NS/c1-12-5-4-6-13(2)16(12)15(17-3)8-7-14-9-10-18-11-14/h4-6,9-11,15,17H,7-8H2,1-3H3. The molecule has 1 atom stereocenters. The first kappa shape index (κ1) is 13.3. The molecule has 1 unspecified atom stereocenters. The topological polar surface area (TPSA) is 12.0 Å². The van der Waals surface area contributed by atoms with Crippen LogP contribution in [-0.4, -0.2) is 7.05 Å². The third kappa shape index (κ3) is 3.01. The Morgan fingerprint density at radius 3 is 2.44 bits per heavy atom. The highest BCUT2D eigenvalue weighted by Crippen LogP contribution is 2.25. The maximum absolute atomic E-state index is 3.47. The number of benzene rings is 1. The van der Waals surface area contributed by atoms with Gasteiger partial charge in [0.05, 0.1) is 0 Å². The zero-order chi connectivity index (χ0) is 13.0. The lowest BCUT2D eigenvalue weighted by atomic mass is 9.92. The van der Waals surface area contributed by atoms with E-state index in [0.29, 0.717) is 6.04 Å². The summed E-state index contributed by atoms with van der Waals surface area (Å²) in [5.74, 6) is 0. The SMILES string of the molecule is CNC(CCc1ccsc1)c1c(C)cccc1C. The Kier molecular flexibility index (Phi) is 4.56. The number of nitrogens with one attached hydrogen (secondary N) is 1. The molecule has 0 spiro atoms. The maximum Gasteiger partial charge on any atom is 0.0325 e. The molecule has 1 aromatic carbocycles. The highest BCUT2D eigenvalue weighted by molar-refractivity contribution is 7.07. The first-order chi connectivity index (χ1) is 8.72. The molecule has 0 aliphatic rings. The Labute approximate surface area is 114 Å². The predicted molar refractivity (Wildman–Crippen MR) is 80.4 cm³/mol. The van der Waals surface area contributed by atoms with Crippen molar-refractivity contribution in [3.05, 3.63) is 57.3 Å². The Morgan fingerprint density at radius 1 is 1.17 bits per heavy atom. The summed E-state index contributed by atoms with van der Waals surface area (Å²) in [6.07, 6.45) is 2.29. The molecule has 0 bridgehead atoms. The Hall–Kier alpha value is -1.12. The van der Waals surface area contributed by atoms with Crippen LogP contribution in [0.3, 0.4) is 0 Å². The van der Waals surface area contributed by atoms with E-state index in [2.05, 4.69) is 61.2 Å². The molecule has 96 valence electrons. The number of hydrogen-bond acceptors (Lipinski definition) is 2. The second-order valence-corrected chi connectivity index (χ2v) is 5.60. The van der Waals surface area contributed by atoms with Gasteiger partial charge in [-0.15, -0.1) is 0 Å². The van der Waals surface area contributed by atoms with Gasteiger partial charge in [0.1, 0.15) is 0 Å². The van der Waals surface area contributed by atoms with E-state index in [-0.39, 0.29) is 0 Å². The molecular weight excluding hydrogens is 238 g/mol. The highest BCUT2D eigenvalue weighted by Gasteiger charge is 2.14. The van der Waals surface area contributed by atoms with Crippen LogP contribution in [-0.2, 0) is 6.42 Å². The highest BCUT2D eigenvalue weighted by atomic mass is 32.1. The van der Waals surface area contributed by atoms with Crippen molar-refractivity contribution in [2.75, 3.05) is 7.05 Å². The van der Waals surface area contributed by atoms with E-state index in [1.54, 1.807) is 11.3 Å². The van der Waals surface area contributed by atoms with Crippen LogP contribution in [0.1, 0.15) is 34.7 Å². The van der Waals surface area contributed by atoms with Crippen molar-refractivity contribution in [1.29, 1.82) is 0 Å². The number of aryl methyl sites for hydroxylation is 3. The molecule has 0 radical (unpaired) electrons. The molecule has 2 aromatic rings. The lowest BCUT2D eigenvalue weighted by molar-refractivity contribution is 0.544. The van der Waals surface area contributed by atoms with Crippen LogP contribution in [0.2, 0.25) is 0 Å². The monoisotopic (exact) mass is 259 g/mol. The number of thiophene rings is 1. The van der Waals surface area contributed by atoms with Crippen LogP contribution >= 0.6 is 11.3 Å². The van der Waals surface area contributed by atoms with Gasteiger partial charge < -0.3 is 5.32 Å². The molecule has 0 saturated carbocycles. The van der Waals surface area contributed by atoms with Gasteiger partial charge in [0, 0.05) is 6.04 Å². The van der Waals surface area contributed by atoms with E-state index in [4.69, 9.17) is 0 Å². The van der Waals surface area contributed by atoms with Gasteiger partial charge in [0.15, 0.2) is 0 Å². The Bertz CT molecular complexity index is 468. The summed E-state index contributed by atoms with van der Waals surface area (Å²) in [6.45, 7) is 4.41. The number of hydrogen-bond donors (Lipinski definition) is 1. The van der Waals surface area contributed by atoms with Crippen molar-refractivity contribution >= 4 is 11.3 Å². The van der Waals surface area contributed by atoms with Gasteiger partial charge in [-0.1, -0.05) is 18.2 Å². The molecule has 0 aliphatic heterocycles. The van der Waals surface area contributed by atoms with Crippen LogP contribution in [0, 0.1) is 13.8 Å². The first-order valence-corrected chi connectivity index (χ1v) is 7.41. The molecular formula is C16H21NS. The van der Waals surface area contributed by atoms with Gasteiger partial charge in [-0.3, -0.25) is 0 Å². The summed E-state index contributed by atoms with van der Waals surface area (Å²) in [6, 6.07) is 9.22. The summed E-state index contributed by atoms with van der Waals surface area (Å²) in [7, 11) is 2.06. The fraction of sp³-hybridized carbons (Fsp3) is 0.375. The number of rotatable bonds is 5. The van der Waals surface area contributed by atoms with Gasteiger partial charge >= 0.3 is 0 Å². The lowest BCUT2D eigenvalue weighted by Crippen LogP contribution is -2.19. The van der Waals surface area contributed by atoms with Gasteiger partial charge in [0.25, 0.3) is 0 Å². The fourth-order valence-corrected chi connectivity index (χ4v) is 3.26. The predicted octanol–water partition coefficient (Wildman–Crippen LogP) is 4.26. The summed E-state index contributed by atoms with van der Waals surface area (Å²) in [5.41, 5.74) is 5.70. The third-order valence-electron chi connectivity index (χ3n) is 3.54. The average Bonchev–Trinajstić information content (AvgIpc) is 2.86. The quantitative estimate of drug-likeness (QED) is 0.846. The maximum atomic E-state index is 3.47. The molecule has 2 heteroatoms. The smallest absolute Gasteiger partial charge is 0.0325 e. The fourth-order valence-electron chi connectivity index (χ4n) is 2.56. The van der Waals surface area contributed by atoms with E-state index >= 15 is 0 Å². The van der Waals surface area contributed by atoms with Crippen molar-refractivity contribution < 1.29 is 0 Å². The Morgan fingerprint density at radius 2 is 1.89 bits per heavy atom. The summed E-state index contributed by atoms with van der Waals surface area (Å²) >= 11 is 1.78. The van der Waals surface area contributed by atoms with Crippen molar-refractivity contribution in [2.45, 2.75) is 32.7 Å². The van der Waals surface area contributed by atoms with Crippen molar-refractivity contribution in [3.63, 3.8) is 0 Å². The largest absolute Gasteiger partial charge is 0.313 e. The van der Waals surface area contributed by atoms with Crippen molar-refractivity contribution in [3.8, 4) is 0 Å². The lowest BCUT2D eigenvalue weighted by Gasteiger charge is -2.21. The van der Waals surface area contributed by atoms with Crippen LogP contribution in [0.15, 0.2) is 35.0 Å². The minimum absolute atomic E-state index is 0.450. The molecule has 1 nitrogen and oxygen atoms in total. The molecule has 1 heterocycles. The van der Waals surface area contributed by atoms with Crippen LogP contribution < -0.4 is 5.32 Å². The van der Waals surface area contributed by atoms with Gasteiger partial charge in [-0.05, 0) is 72.8 Å². The van der Waals surface area contributed by atoms with Crippen molar-refractivity contribution in [2.24, 2.45) is 0 Å². The molecule has 2 rings (SSSR count). The van der Waals surface area contributed by atoms with Crippen LogP contribution in [0.4, 0.5) is 0 Å². The average molecular weight is 259 g/mol. The Balaban J connectivity index is 2.13. The normalized spacial score (nSPS) is 12.6. The van der Waals surface area contributed by atoms with E-state index < -0.39 is 0 Å². The summed E-state index contributed by atoms with van der Waals surface area (Å²) in [5, 5.41) is 7.87. The summed E-state index contributed by atoms with van der Waals surface area (Å²) < 4.78 is 0. The van der Waals surface area contributed by atoms with E-state index in [9.17, 15) is 0 Å². The second-order valence-electron chi connectivity index (χ2n) is 4.82. The van der Waals surface area contributed by atoms with Gasteiger partial charge in [-0.25, -0.2) is 0 Å². The minimum atomic E-state index is 0.450. The molecule has 0 aliphatic carbocycles. The molecule has 18 heavy (non-hydrogen) atoms. The van der Waals surface area contributed by atoms with Gasteiger partial charge in [-0.2, -0.15) is 11.3 Å². The minimum Gasteiger partial charge on any atom is -0.313 e. The molecule has 1 N–H and O–H groups in total. The zero-order valence-corrected chi connectivity index (χ0v) is 12.2. The molecule has 1 aromatic heterocycles. The van der Waals surface area contributed by atoms with Gasteiger partial charge in [0.2, 0.25) is 0 Å². The molecule has 0 amide bonds. The van der Waals surface area contributed by atoms with Crippen molar-refractivity contribution in [1.82, 2.24) is 5.32 Å². The van der Waals surface area contributed by atoms with E-state index in [0.717, 1.165) is 12.8 Å². The van der Waals surface area contributed by atoms with Crippen LogP contribution in [0.5, 0.6) is 0 Å². The zero-order valence-electron chi connectivity index (χ0n) is 11.4. The first-order valence-electron chi connectivity index (χ1n) is 6.47. The second kappa shape index (κ2) is 6.17. The van der Waals surface area contributed by atoms with E-state index in [1.807, 2.05) is 0 Å². The third-order valence-corrected chi connectivity index (χ3v) is 4.27. The van der Waals surface area contributed by atoms with E-state index in [1.165, 1.54) is 22.3 Å². The molecule has 0 saturated heterocycles. The molecule has 0 fully saturated rings. The van der Waals surface area contributed by atoms with Crippen LogP contribution in [0.25, 0.3) is 0 Å². The summed E-state index contributed by atoms with van der Waals surface area (Å²) in [4.78, 5) is 0.